The van der Waals surface area contributed by atoms with E-state index in [2.05, 4.69) is 29.4 Å². The van der Waals surface area contributed by atoms with Crippen molar-refractivity contribution in [3.63, 3.8) is 0 Å². The molecule has 1 aromatic heterocycles. The maximum Gasteiger partial charge on any atom is 0.125 e. The molecule has 2 aromatic rings. The van der Waals surface area contributed by atoms with Crippen molar-refractivity contribution in [3.8, 4) is 11.1 Å². The van der Waals surface area contributed by atoms with Crippen molar-refractivity contribution in [1.82, 2.24) is 4.98 Å². The van der Waals surface area contributed by atoms with Crippen molar-refractivity contribution in [3.05, 3.63) is 47.7 Å². The second kappa shape index (κ2) is 4.97. The van der Waals surface area contributed by atoms with Crippen LogP contribution in [0.5, 0.6) is 0 Å². The SMILES string of the molecule is CNc1cc(C)c(-c2ccccc2CN)cn1. The van der Waals surface area contributed by atoms with Gasteiger partial charge >= 0.3 is 0 Å². The van der Waals surface area contributed by atoms with Gasteiger partial charge in [-0.15, -0.1) is 0 Å². The lowest BCUT2D eigenvalue weighted by molar-refractivity contribution is 1.07. The monoisotopic (exact) mass is 227 g/mol. The fraction of sp³-hybridized carbons (Fsp3) is 0.214. The summed E-state index contributed by atoms with van der Waals surface area (Å²) in [5.41, 5.74) is 10.4. The van der Waals surface area contributed by atoms with E-state index in [1.165, 1.54) is 11.1 Å². The van der Waals surface area contributed by atoms with Crippen LogP contribution in [0.15, 0.2) is 36.5 Å². The molecule has 3 N–H and O–H groups in total. The summed E-state index contributed by atoms with van der Waals surface area (Å²) in [7, 11) is 1.87. The van der Waals surface area contributed by atoms with Crippen LogP contribution in [0.1, 0.15) is 11.1 Å². The number of hydrogen-bond donors (Lipinski definition) is 2. The van der Waals surface area contributed by atoms with E-state index in [0.29, 0.717) is 6.54 Å². The molecule has 3 heteroatoms. The number of aromatic nitrogens is 1. The molecule has 0 saturated heterocycles. The van der Waals surface area contributed by atoms with Crippen LogP contribution in [-0.2, 0) is 6.54 Å². The Hall–Kier alpha value is -1.87. The number of benzene rings is 1. The lowest BCUT2D eigenvalue weighted by Crippen LogP contribution is -2.00. The Morgan fingerprint density at radius 2 is 2.00 bits per heavy atom. The van der Waals surface area contributed by atoms with E-state index in [-0.39, 0.29) is 0 Å². The Kier molecular flexibility index (Phi) is 3.40. The summed E-state index contributed by atoms with van der Waals surface area (Å²) in [6.45, 7) is 2.63. The summed E-state index contributed by atoms with van der Waals surface area (Å²) in [4.78, 5) is 4.36. The van der Waals surface area contributed by atoms with Crippen molar-refractivity contribution in [2.45, 2.75) is 13.5 Å². The molecule has 1 heterocycles. The van der Waals surface area contributed by atoms with E-state index in [9.17, 15) is 0 Å². The van der Waals surface area contributed by atoms with Gasteiger partial charge in [0.1, 0.15) is 5.82 Å². The predicted molar refractivity (Wildman–Crippen MR) is 71.8 cm³/mol. The molecule has 0 bridgehead atoms. The van der Waals surface area contributed by atoms with Gasteiger partial charge in [0.05, 0.1) is 0 Å². The van der Waals surface area contributed by atoms with E-state index in [1.807, 2.05) is 31.4 Å². The first-order chi connectivity index (χ1) is 8.26. The zero-order valence-corrected chi connectivity index (χ0v) is 10.2. The van der Waals surface area contributed by atoms with Crippen LogP contribution in [0.25, 0.3) is 11.1 Å². The van der Waals surface area contributed by atoms with Crippen LogP contribution in [0, 0.1) is 6.92 Å². The van der Waals surface area contributed by atoms with Gasteiger partial charge in [0.25, 0.3) is 0 Å². The van der Waals surface area contributed by atoms with Crippen LogP contribution in [-0.4, -0.2) is 12.0 Å². The topological polar surface area (TPSA) is 50.9 Å². The summed E-state index contributed by atoms with van der Waals surface area (Å²) < 4.78 is 0. The quantitative estimate of drug-likeness (QED) is 0.847. The normalized spacial score (nSPS) is 10.3. The lowest BCUT2D eigenvalue weighted by atomic mass is 9.98. The molecule has 17 heavy (non-hydrogen) atoms. The van der Waals surface area contributed by atoms with Gasteiger partial charge in [-0.3, -0.25) is 0 Å². The Balaban J connectivity index is 2.53. The molecule has 0 fully saturated rings. The van der Waals surface area contributed by atoms with E-state index >= 15 is 0 Å². The van der Waals surface area contributed by atoms with Crippen molar-refractivity contribution in [2.75, 3.05) is 12.4 Å². The zero-order valence-electron chi connectivity index (χ0n) is 10.2. The maximum absolute atomic E-state index is 5.76. The average molecular weight is 227 g/mol. The molecular formula is C14H17N3. The van der Waals surface area contributed by atoms with Crippen molar-refractivity contribution < 1.29 is 0 Å². The summed E-state index contributed by atoms with van der Waals surface area (Å²) in [5.74, 6) is 0.886. The fourth-order valence-corrected chi connectivity index (χ4v) is 1.94. The maximum atomic E-state index is 5.76. The predicted octanol–water partition coefficient (Wildman–Crippen LogP) is 2.56. The number of anilines is 1. The highest BCUT2D eigenvalue weighted by Crippen LogP contribution is 2.27. The van der Waals surface area contributed by atoms with Crippen LogP contribution in [0.4, 0.5) is 5.82 Å². The molecule has 0 saturated carbocycles. The first-order valence-electron chi connectivity index (χ1n) is 5.69. The summed E-state index contributed by atoms with van der Waals surface area (Å²) in [6, 6.07) is 10.2. The van der Waals surface area contributed by atoms with Crippen molar-refractivity contribution >= 4 is 5.82 Å². The van der Waals surface area contributed by atoms with Gasteiger partial charge in [-0.25, -0.2) is 4.98 Å². The summed E-state index contributed by atoms with van der Waals surface area (Å²) >= 11 is 0. The number of nitrogens with one attached hydrogen (secondary N) is 1. The number of aryl methyl sites for hydroxylation is 1. The van der Waals surface area contributed by atoms with Gasteiger partial charge < -0.3 is 11.1 Å². The number of hydrogen-bond acceptors (Lipinski definition) is 3. The number of nitrogens with zero attached hydrogens (tertiary/aromatic N) is 1. The molecule has 1 aromatic carbocycles. The molecule has 0 spiro atoms. The first-order valence-corrected chi connectivity index (χ1v) is 5.69. The summed E-state index contributed by atoms with van der Waals surface area (Å²) in [5, 5.41) is 3.04. The second-order valence-corrected chi connectivity index (χ2v) is 4.00. The molecule has 0 aliphatic heterocycles. The van der Waals surface area contributed by atoms with Gasteiger partial charge in [0.2, 0.25) is 0 Å². The molecule has 0 unspecified atom stereocenters. The number of nitrogens with two attached hydrogens (primary N) is 1. The van der Waals surface area contributed by atoms with Gasteiger partial charge in [0, 0.05) is 25.4 Å². The Labute approximate surface area is 102 Å². The van der Waals surface area contributed by atoms with E-state index in [1.54, 1.807) is 0 Å². The van der Waals surface area contributed by atoms with E-state index < -0.39 is 0 Å². The fourth-order valence-electron chi connectivity index (χ4n) is 1.94. The third kappa shape index (κ3) is 2.29. The summed E-state index contributed by atoms with van der Waals surface area (Å²) in [6.07, 6.45) is 1.90. The molecule has 0 aliphatic carbocycles. The third-order valence-electron chi connectivity index (χ3n) is 2.89. The molecule has 3 nitrogen and oxygen atoms in total. The first kappa shape index (κ1) is 11.6. The minimum absolute atomic E-state index is 0.545. The highest BCUT2D eigenvalue weighted by atomic mass is 14.9. The van der Waals surface area contributed by atoms with Gasteiger partial charge in [-0.2, -0.15) is 0 Å². The molecule has 0 radical (unpaired) electrons. The molecule has 0 atom stereocenters. The highest BCUT2D eigenvalue weighted by Gasteiger charge is 2.07. The van der Waals surface area contributed by atoms with Crippen molar-refractivity contribution in [2.24, 2.45) is 5.73 Å². The third-order valence-corrected chi connectivity index (χ3v) is 2.89. The van der Waals surface area contributed by atoms with Gasteiger partial charge in [0.15, 0.2) is 0 Å². The Morgan fingerprint density at radius 1 is 1.24 bits per heavy atom. The van der Waals surface area contributed by atoms with Crippen LogP contribution < -0.4 is 11.1 Å². The van der Waals surface area contributed by atoms with Crippen LogP contribution in [0.2, 0.25) is 0 Å². The van der Waals surface area contributed by atoms with Gasteiger partial charge in [-0.05, 0) is 29.7 Å². The van der Waals surface area contributed by atoms with Crippen LogP contribution >= 0.6 is 0 Å². The molecule has 0 amide bonds. The van der Waals surface area contributed by atoms with Crippen molar-refractivity contribution in [1.29, 1.82) is 0 Å². The average Bonchev–Trinajstić information content (AvgIpc) is 2.38. The van der Waals surface area contributed by atoms with Gasteiger partial charge in [-0.1, -0.05) is 24.3 Å². The van der Waals surface area contributed by atoms with Crippen LogP contribution in [0.3, 0.4) is 0 Å². The molecule has 0 aliphatic rings. The largest absolute Gasteiger partial charge is 0.373 e. The zero-order chi connectivity index (χ0) is 12.3. The second-order valence-electron chi connectivity index (χ2n) is 4.00. The van der Waals surface area contributed by atoms with E-state index in [0.717, 1.165) is 16.9 Å². The Bertz CT molecular complexity index is 521. The van der Waals surface area contributed by atoms with E-state index in [4.69, 9.17) is 5.73 Å². The minimum Gasteiger partial charge on any atom is -0.373 e. The highest BCUT2D eigenvalue weighted by molar-refractivity contribution is 5.71. The molecule has 88 valence electrons. The Morgan fingerprint density at radius 3 is 2.65 bits per heavy atom. The molecule has 2 rings (SSSR count). The minimum atomic E-state index is 0.545. The smallest absolute Gasteiger partial charge is 0.125 e. The number of pyridine rings is 1. The number of rotatable bonds is 3. The molecular weight excluding hydrogens is 210 g/mol. The standard InChI is InChI=1S/C14H17N3/c1-10-7-14(16-2)17-9-13(10)12-6-4-3-5-11(12)8-15/h3-7,9H,8,15H2,1-2H3,(H,16,17). The lowest BCUT2D eigenvalue weighted by Gasteiger charge is -2.11.